The Morgan fingerprint density at radius 3 is 2.67 bits per heavy atom. The number of ether oxygens (including phenoxy) is 1. The first kappa shape index (κ1) is 9.36. The number of hydrogen-bond acceptors (Lipinski definition) is 3. The maximum absolute atomic E-state index is 12.1. The second kappa shape index (κ2) is 3.61. The third-order valence-electron chi connectivity index (χ3n) is 3.53. The normalized spacial score (nSPS) is 30.1. The van der Waals surface area contributed by atoms with Crippen molar-refractivity contribution in [2.45, 2.75) is 6.42 Å². The van der Waals surface area contributed by atoms with Gasteiger partial charge in [-0.3, -0.25) is 4.79 Å². The highest BCUT2D eigenvalue weighted by molar-refractivity contribution is 5.80. The van der Waals surface area contributed by atoms with Crippen LogP contribution in [0.25, 0.3) is 0 Å². The number of hydrogen-bond donors (Lipinski definition) is 1. The molecule has 0 aromatic rings. The van der Waals surface area contributed by atoms with Crippen LogP contribution in [-0.2, 0) is 9.53 Å². The highest BCUT2D eigenvalue weighted by atomic mass is 16.5. The molecule has 0 aromatic carbocycles. The first-order valence-electron chi connectivity index (χ1n) is 5.61. The van der Waals surface area contributed by atoms with E-state index in [0.29, 0.717) is 12.5 Å². The predicted octanol–water partition coefficient (Wildman–Crippen LogP) is -0.235. The van der Waals surface area contributed by atoms with E-state index in [1.807, 2.05) is 4.90 Å². The van der Waals surface area contributed by atoms with Crippen LogP contribution in [0, 0.1) is 5.92 Å². The first-order chi connectivity index (χ1) is 7.34. The Morgan fingerprint density at radius 1 is 1.33 bits per heavy atom. The molecule has 3 heterocycles. The van der Waals surface area contributed by atoms with Gasteiger partial charge in [-0.25, -0.2) is 0 Å². The number of carbonyl (C=O) groups excluding carboxylic acids is 1. The molecule has 1 atom stereocenters. The lowest BCUT2D eigenvalue weighted by Crippen LogP contribution is -2.37. The Balaban J connectivity index is 1.63. The van der Waals surface area contributed by atoms with E-state index in [1.54, 1.807) is 0 Å². The van der Waals surface area contributed by atoms with Gasteiger partial charge in [0.15, 0.2) is 0 Å². The van der Waals surface area contributed by atoms with E-state index in [9.17, 15) is 4.79 Å². The van der Waals surface area contributed by atoms with Gasteiger partial charge in [0.05, 0.1) is 12.5 Å². The van der Waals surface area contributed by atoms with Crippen LogP contribution in [-0.4, -0.2) is 50.2 Å². The van der Waals surface area contributed by atoms with Crippen molar-refractivity contribution in [1.82, 2.24) is 10.2 Å². The summed E-state index contributed by atoms with van der Waals surface area (Å²) in [5.41, 5.74) is 2.87. The molecule has 15 heavy (non-hydrogen) atoms. The van der Waals surface area contributed by atoms with Crippen molar-refractivity contribution in [3.05, 3.63) is 11.1 Å². The van der Waals surface area contributed by atoms with E-state index in [1.165, 1.54) is 11.1 Å². The molecule has 0 saturated carbocycles. The minimum absolute atomic E-state index is 0.123. The Hall–Kier alpha value is -0.870. The van der Waals surface area contributed by atoms with E-state index in [0.717, 1.165) is 39.2 Å². The second-order valence-electron chi connectivity index (χ2n) is 4.57. The van der Waals surface area contributed by atoms with Gasteiger partial charge in [-0.1, -0.05) is 0 Å². The summed E-state index contributed by atoms with van der Waals surface area (Å²) in [4.78, 5) is 14.1. The number of nitrogens with zero attached hydrogens (tertiary/aromatic N) is 1. The first-order valence-corrected chi connectivity index (χ1v) is 5.61. The van der Waals surface area contributed by atoms with Crippen LogP contribution < -0.4 is 5.32 Å². The van der Waals surface area contributed by atoms with Crippen LogP contribution in [0.3, 0.4) is 0 Å². The Kier molecular flexibility index (Phi) is 2.25. The molecule has 0 aromatic heterocycles. The molecular formula is C11H16N2O2. The molecule has 3 aliphatic heterocycles. The summed E-state index contributed by atoms with van der Waals surface area (Å²) < 4.78 is 5.26. The fourth-order valence-electron chi connectivity index (χ4n) is 2.61. The van der Waals surface area contributed by atoms with Crippen molar-refractivity contribution in [2.24, 2.45) is 5.92 Å². The lowest BCUT2D eigenvalue weighted by Gasteiger charge is -2.21. The highest BCUT2D eigenvalue weighted by Crippen LogP contribution is 2.24. The van der Waals surface area contributed by atoms with Crippen molar-refractivity contribution >= 4 is 5.91 Å². The van der Waals surface area contributed by atoms with Gasteiger partial charge < -0.3 is 15.0 Å². The molecule has 1 N–H and O–H groups in total. The van der Waals surface area contributed by atoms with Crippen molar-refractivity contribution in [3.8, 4) is 0 Å². The Bertz CT molecular complexity index is 303. The predicted molar refractivity (Wildman–Crippen MR) is 55.4 cm³/mol. The molecule has 0 radical (unpaired) electrons. The molecule has 82 valence electrons. The SMILES string of the molecule is O=C([C@H]1CCOC1)N1CC2=C(CNC2)C1. The van der Waals surface area contributed by atoms with Gasteiger partial charge in [0.1, 0.15) is 0 Å². The summed E-state index contributed by atoms with van der Waals surface area (Å²) in [6.07, 6.45) is 0.901. The monoisotopic (exact) mass is 208 g/mol. The fraction of sp³-hybridized carbons (Fsp3) is 0.727. The molecule has 0 spiro atoms. The average Bonchev–Trinajstić information content (AvgIpc) is 2.92. The number of carbonyl (C=O) groups is 1. The molecular weight excluding hydrogens is 192 g/mol. The summed E-state index contributed by atoms with van der Waals surface area (Å²) >= 11 is 0. The minimum atomic E-state index is 0.123. The number of nitrogens with one attached hydrogen (secondary N) is 1. The summed E-state index contributed by atoms with van der Waals surface area (Å²) in [5.74, 6) is 0.417. The lowest BCUT2D eigenvalue weighted by molar-refractivity contribution is -0.134. The van der Waals surface area contributed by atoms with Crippen LogP contribution in [0.5, 0.6) is 0 Å². The van der Waals surface area contributed by atoms with Gasteiger partial charge in [-0.15, -0.1) is 0 Å². The maximum atomic E-state index is 12.1. The Morgan fingerprint density at radius 2 is 2.07 bits per heavy atom. The van der Waals surface area contributed by atoms with Gasteiger partial charge in [0.2, 0.25) is 5.91 Å². The zero-order valence-electron chi connectivity index (χ0n) is 8.79. The number of rotatable bonds is 1. The van der Waals surface area contributed by atoms with Crippen molar-refractivity contribution in [3.63, 3.8) is 0 Å². The van der Waals surface area contributed by atoms with Gasteiger partial charge in [-0.2, -0.15) is 0 Å². The third kappa shape index (κ3) is 1.58. The zero-order chi connectivity index (χ0) is 10.3. The minimum Gasteiger partial charge on any atom is -0.381 e. The maximum Gasteiger partial charge on any atom is 0.228 e. The van der Waals surface area contributed by atoms with Gasteiger partial charge in [0, 0.05) is 32.8 Å². The van der Waals surface area contributed by atoms with Crippen LogP contribution in [0.15, 0.2) is 11.1 Å². The van der Waals surface area contributed by atoms with Gasteiger partial charge >= 0.3 is 0 Å². The Labute approximate surface area is 89.3 Å². The smallest absolute Gasteiger partial charge is 0.228 e. The fourth-order valence-corrected chi connectivity index (χ4v) is 2.61. The molecule has 3 rings (SSSR count). The van der Waals surface area contributed by atoms with Crippen LogP contribution in [0.2, 0.25) is 0 Å². The number of amides is 1. The molecule has 0 bridgehead atoms. The third-order valence-corrected chi connectivity index (χ3v) is 3.53. The largest absolute Gasteiger partial charge is 0.381 e. The van der Waals surface area contributed by atoms with Crippen LogP contribution in [0.1, 0.15) is 6.42 Å². The molecule has 1 fully saturated rings. The highest BCUT2D eigenvalue weighted by Gasteiger charge is 2.33. The summed E-state index contributed by atoms with van der Waals surface area (Å²) in [6.45, 7) is 5.01. The molecule has 4 heteroatoms. The van der Waals surface area contributed by atoms with E-state index < -0.39 is 0 Å². The molecule has 1 amide bonds. The second-order valence-corrected chi connectivity index (χ2v) is 4.57. The standard InChI is InChI=1S/C11H16N2O2/c14-11(8-1-2-15-7-8)13-5-9-3-12-4-10(9)6-13/h8,12H,1-7H2/t8-/m0/s1. The van der Waals surface area contributed by atoms with Crippen molar-refractivity contribution in [1.29, 1.82) is 0 Å². The van der Waals surface area contributed by atoms with Gasteiger partial charge in [0.25, 0.3) is 0 Å². The van der Waals surface area contributed by atoms with Crippen LogP contribution >= 0.6 is 0 Å². The summed E-state index contributed by atoms with van der Waals surface area (Å²) in [6, 6.07) is 0. The topological polar surface area (TPSA) is 41.6 Å². The molecule has 0 unspecified atom stereocenters. The van der Waals surface area contributed by atoms with E-state index >= 15 is 0 Å². The average molecular weight is 208 g/mol. The molecule has 0 aliphatic carbocycles. The molecule has 4 nitrogen and oxygen atoms in total. The van der Waals surface area contributed by atoms with Crippen molar-refractivity contribution in [2.75, 3.05) is 39.4 Å². The summed E-state index contributed by atoms with van der Waals surface area (Å²) in [5, 5.41) is 3.32. The van der Waals surface area contributed by atoms with E-state index in [2.05, 4.69) is 5.32 Å². The molecule has 1 saturated heterocycles. The lowest BCUT2D eigenvalue weighted by atomic mass is 10.1. The quantitative estimate of drug-likeness (QED) is 0.605. The molecule has 3 aliphatic rings. The van der Waals surface area contributed by atoms with Crippen LogP contribution in [0.4, 0.5) is 0 Å². The zero-order valence-corrected chi connectivity index (χ0v) is 8.79. The summed E-state index contributed by atoms with van der Waals surface area (Å²) in [7, 11) is 0. The van der Waals surface area contributed by atoms with E-state index in [-0.39, 0.29) is 5.92 Å². The van der Waals surface area contributed by atoms with Gasteiger partial charge in [-0.05, 0) is 17.6 Å². The van der Waals surface area contributed by atoms with E-state index in [4.69, 9.17) is 4.74 Å². The van der Waals surface area contributed by atoms with Crippen molar-refractivity contribution < 1.29 is 9.53 Å².